The molecule has 0 unspecified atom stereocenters. The van der Waals surface area contributed by atoms with Crippen molar-refractivity contribution < 1.29 is 22.8 Å². The SMILES string of the molecule is C[C@H]1CC[C@H](c2ccc(NS(C)(=O)=O)cc2)N(C(=O)C(=O)Nc2ncccc2C(N)=O)C1. The Morgan fingerprint density at radius 2 is 1.81 bits per heavy atom. The molecule has 3 amide bonds. The largest absolute Gasteiger partial charge is 0.365 e. The van der Waals surface area contributed by atoms with E-state index in [1.807, 2.05) is 6.92 Å². The van der Waals surface area contributed by atoms with Crippen molar-refractivity contribution in [2.45, 2.75) is 25.8 Å². The number of piperidine rings is 1. The third kappa shape index (κ3) is 5.61. The normalized spacial score (nSPS) is 18.6. The minimum atomic E-state index is -3.40. The van der Waals surface area contributed by atoms with Gasteiger partial charge in [0.15, 0.2) is 0 Å². The highest BCUT2D eigenvalue weighted by atomic mass is 32.2. The molecule has 1 aliphatic heterocycles. The Hall–Kier alpha value is -3.47. The highest BCUT2D eigenvalue weighted by Gasteiger charge is 2.34. The summed E-state index contributed by atoms with van der Waals surface area (Å²) in [4.78, 5) is 42.8. The van der Waals surface area contributed by atoms with Crippen LogP contribution in [0.25, 0.3) is 0 Å². The predicted molar refractivity (Wildman–Crippen MR) is 119 cm³/mol. The van der Waals surface area contributed by atoms with Crippen LogP contribution in [0.2, 0.25) is 0 Å². The monoisotopic (exact) mass is 459 g/mol. The number of hydrogen-bond acceptors (Lipinski definition) is 6. The summed E-state index contributed by atoms with van der Waals surface area (Å²) >= 11 is 0. The number of pyridine rings is 1. The molecule has 1 fully saturated rings. The second-order valence-corrected chi connectivity index (χ2v) is 9.62. The molecule has 0 saturated carbocycles. The molecule has 0 spiro atoms. The van der Waals surface area contributed by atoms with E-state index in [0.717, 1.165) is 18.2 Å². The lowest BCUT2D eigenvalue weighted by Gasteiger charge is -2.38. The van der Waals surface area contributed by atoms with Gasteiger partial charge in [0.05, 0.1) is 17.9 Å². The highest BCUT2D eigenvalue weighted by Crippen LogP contribution is 2.34. The van der Waals surface area contributed by atoms with Gasteiger partial charge in [-0.15, -0.1) is 0 Å². The van der Waals surface area contributed by atoms with Crippen LogP contribution in [0.15, 0.2) is 42.6 Å². The van der Waals surface area contributed by atoms with Gasteiger partial charge >= 0.3 is 11.8 Å². The van der Waals surface area contributed by atoms with E-state index in [9.17, 15) is 22.8 Å². The molecule has 1 aromatic heterocycles. The van der Waals surface area contributed by atoms with E-state index < -0.39 is 27.7 Å². The third-order valence-electron chi connectivity index (χ3n) is 5.18. The maximum Gasteiger partial charge on any atom is 0.315 e. The molecular formula is C21H25N5O5S. The Morgan fingerprint density at radius 1 is 1.12 bits per heavy atom. The molecule has 11 heteroatoms. The number of nitrogens with two attached hydrogens (primary N) is 1. The second kappa shape index (κ2) is 9.35. The minimum Gasteiger partial charge on any atom is -0.365 e. The number of carbonyl (C=O) groups excluding carboxylic acids is 3. The number of sulfonamides is 1. The number of rotatable bonds is 5. The van der Waals surface area contributed by atoms with Crippen LogP contribution in [0, 0.1) is 5.92 Å². The van der Waals surface area contributed by atoms with Gasteiger partial charge in [0.25, 0.3) is 5.91 Å². The van der Waals surface area contributed by atoms with Gasteiger partial charge < -0.3 is 16.0 Å². The molecular weight excluding hydrogens is 434 g/mol. The van der Waals surface area contributed by atoms with E-state index in [4.69, 9.17) is 5.73 Å². The van der Waals surface area contributed by atoms with Gasteiger partial charge in [-0.25, -0.2) is 13.4 Å². The van der Waals surface area contributed by atoms with Crippen molar-refractivity contribution >= 4 is 39.3 Å². The van der Waals surface area contributed by atoms with Crippen LogP contribution in [0.1, 0.15) is 41.7 Å². The topological polar surface area (TPSA) is 152 Å². The molecule has 170 valence electrons. The first-order valence-electron chi connectivity index (χ1n) is 9.99. The average Bonchev–Trinajstić information content (AvgIpc) is 2.73. The summed E-state index contributed by atoms with van der Waals surface area (Å²) in [5.74, 6) is -2.31. The summed E-state index contributed by atoms with van der Waals surface area (Å²) < 4.78 is 25.2. The summed E-state index contributed by atoms with van der Waals surface area (Å²) in [5, 5.41) is 2.39. The standard InChI is InChI=1S/C21H25N5O5S/c1-13-5-10-17(14-6-8-15(9-7-14)25-32(2,30)31)26(12-13)21(29)20(28)24-19-16(18(22)27)4-3-11-23-19/h3-4,6-9,11,13,17,25H,5,10,12H2,1-2H3,(H2,22,27)(H,23,24,28)/t13-,17+/m0/s1. The number of nitrogens with one attached hydrogen (secondary N) is 2. The Bertz CT molecular complexity index is 1130. The summed E-state index contributed by atoms with van der Waals surface area (Å²) in [6.07, 6.45) is 3.96. The van der Waals surface area contributed by atoms with Gasteiger partial charge in [0, 0.05) is 18.4 Å². The Morgan fingerprint density at radius 3 is 2.44 bits per heavy atom. The molecule has 2 atom stereocenters. The number of anilines is 2. The molecule has 0 bridgehead atoms. The first-order valence-corrected chi connectivity index (χ1v) is 11.9. The zero-order chi connectivity index (χ0) is 23.5. The molecule has 2 aromatic rings. The van der Waals surface area contributed by atoms with Crippen LogP contribution < -0.4 is 15.8 Å². The van der Waals surface area contributed by atoms with Crippen molar-refractivity contribution in [1.29, 1.82) is 0 Å². The lowest BCUT2D eigenvalue weighted by atomic mass is 9.89. The molecule has 3 rings (SSSR count). The molecule has 1 saturated heterocycles. The van der Waals surface area contributed by atoms with Gasteiger partial charge in [-0.3, -0.25) is 19.1 Å². The van der Waals surface area contributed by atoms with Crippen molar-refractivity contribution in [1.82, 2.24) is 9.88 Å². The van der Waals surface area contributed by atoms with Gasteiger partial charge in [0.1, 0.15) is 5.82 Å². The highest BCUT2D eigenvalue weighted by molar-refractivity contribution is 7.92. The molecule has 32 heavy (non-hydrogen) atoms. The summed E-state index contributed by atoms with van der Waals surface area (Å²) in [6.45, 7) is 2.38. The quantitative estimate of drug-likeness (QED) is 0.576. The van der Waals surface area contributed by atoms with Crippen molar-refractivity contribution in [2.75, 3.05) is 22.8 Å². The number of aromatic nitrogens is 1. The molecule has 0 radical (unpaired) electrons. The smallest absolute Gasteiger partial charge is 0.315 e. The molecule has 1 aliphatic rings. The van der Waals surface area contributed by atoms with Crippen molar-refractivity contribution in [3.8, 4) is 0 Å². The molecule has 1 aromatic carbocycles. The minimum absolute atomic E-state index is 0.00572. The zero-order valence-corrected chi connectivity index (χ0v) is 18.6. The Balaban J connectivity index is 1.81. The number of primary amides is 1. The predicted octanol–water partition coefficient (Wildman–Crippen LogP) is 1.49. The van der Waals surface area contributed by atoms with Crippen molar-refractivity contribution in [2.24, 2.45) is 11.7 Å². The molecule has 10 nitrogen and oxygen atoms in total. The summed E-state index contributed by atoms with van der Waals surface area (Å²) in [5.41, 5.74) is 6.51. The van der Waals surface area contributed by atoms with Crippen molar-refractivity contribution in [3.05, 3.63) is 53.7 Å². The first-order chi connectivity index (χ1) is 15.0. The van der Waals surface area contributed by atoms with E-state index in [-0.39, 0.29) is 23.3 Å². The maximum absolute atomic E-state index is 13.0. The van der Waals surface area contributed by atoms with Gasteiger partial charge in [-0.05, 0) is 48.6 Å². The summed E-state index contributed by atoms with van der Waals surface area (Å²) in [6, 6.07) is 9.26. The lowest BCUT2D eigenvalue weighted by molar-refractivity contribution is -0.146. The maximum atomic E-state index is 13.0. The van der Waals surface area contributed by atoms with Crippen LogP contribution in [-0.4, -0.2) is 48.8 Å². The molecule has 0 aliphatic carbocycles. The Labute approximate surface area is 186 Å². The molecule has 4 N–H and O–H groups in total. The fourth-order valence-corrected chi connectivity index (χ4v) is 4.27. The third-order valence-corrected chi connectivity index (χ3v) is 5.78. The van der Waals surface area contributed by atoms with Gasteiger partial charge in [-0.1, -0.05) is 19.1 Å². The first kappa shape index (κ1) is 23.2. The van der Waals surface area contributed by atoms with E-state index in [1.54, 1.807) is 24.3 Å². The Kier molecular flexibility index (Phi) is 6.78. The zero-order valence-electron chi connectivity index (χ0n) is 17.7. The fourth-order valence-electron chi connectivity index (χ4n) is 3.71. The number of benzene rings is 1. The number of amides is 3. The van der Waals surface area contributed by atoms with Gasteiger partial charge in [-0.2, -0.15) is 0 Å². The summed E-state index contributed by atoms with van der Waals surface area (Å²) in [7, 11) is -3.40. The van der Waals surface area contributed by atoms with Gasteiger partial charge in [0.2, 0.25) is 10.0 Å². The van der Waals surface area contributed by atoms with E-state index >= 15 is 0 Å². The van der Waals surface area contributed by atoms with E-state index in [1.165, 1.54) is 23.2 Å². The van der Waals surface area contributed by atoms with E-state index in [2.05, 4.69) is 15.0 Å². The average molecular weight is 460 g/mol. The number of carbonyl (C=O) groups is 3. The number of hydrogen-bond donors (Lipinski definition) is 3. The van der Waals surface area contributed by atoms with E-state index in [0.29, 0.717) is 18.7 Å². The number of nitrogens with zero attached hydrogens (tertiary/aromatic N) is 2. The lowest BCUT2D eigenvalue weighted by Crippen LogP contribution is -2.46. The number of likely N-dealkylation sites (tertiary alicyclic amines) is 1. The fraction of sp³-hybridized carbons (Fsp3) is 0.333. The second-order valence-electron chi connectivity index (χ2n) is 7.87. The molecule has 2 heterocycles. The van der Waals surface area contributed by atoms with Crippen LogP contribution in [0.4, 0.5) is 11.5 Å². The van der Waals surface area contributed by atoms with Crippen LogP contribution >= 0.6 is 0 Å². The van der Waals surface area contributed by atoms with Crippen LogP contribution in [0.5, 0.6) is 0 Å². The van der Waals surface area contributed by atoms with Crippen molar-refractivity contribution in [3.63, 3.8) is 0 Å². The van der Waals surface area contributed by atoms with Crippen LogP contribution in [0.3, 0.4) is 0 Å². The van der Waals surface area contributed by atoms with Crippen LogP contribution in [-0.2, 0) is 19.6 Å².